The molecular weight excluding hydrogens is 286 g/mol. The summed E-state index contributed by atoms with van der Waals surface area (Å²) >= 11 is 3.34. The molecule has 1 atom stereocenters. The summed E-state index contributed by atoms with van der Waals surface area (Å²) in [6.07, 6.45) is 0. The van der Waals surface area contributed by atoms with Crippen molar-refractivity contribution < 1.29 is 14.3 Å². The summed E-state index contributed by atoms with van der Waals surface area (Å²) in [5, 5.41) is 2.84. The topological polar surface area (TPSA) is 47.6 Å². The fourth-order valence-corrected chi connectivity index (χ4v) is 1.95. The van der Waals surface area contributed by atoms with Crippen LogP contribution in [0.25, 0.3) is 0 Å². The van der Waals surface area contributed by atoms with Crippen LogP contribution >= 0.6 is 15.9 Å². The molecule has 94 valence electrons. The molecule has 0 saturated heterocycles. The van der Waals surface area contributed by atoms with Crippen LogP contribution in [-0.2, 0) is 4.74 Å². The molecule has 0 aliphatic rings. The number of halogens is 1. The Bertz CT molecular complexity index is 395. The van der Waals surface area contributed by atoms with Crippen LogP contribution in [0.2, 0.25) is 0 Å². The van der Waals surface area contributed by atoms with Crippen LogP contribution in [0.3, 0.4) is 0 Å². The van der Waals surface area contributed by atoms with Gasteiger partial charge in [0.15, 0.2) is 0 Å². The van der Waals surface area contributed by atoms with E-state index in [-0.39, 0.29) is 11.9 Å². The van der Waals surface area contributed by atoms with Gasteiger partial charge in [0, 0.05) is 18.7 Å². The SMILES string of the molecule is COCC(C)NC(=O)c1ccc(OC)c(Br)c1. The Kier molecular flexibility index (Phi) is 5.44. The van der Waals surface area contributed by atoms with Crippen molar-refractivity contribution >= 4 is 21.8 Å². The van der Waals surface area contributed by atoms with E-state index in [1.165, 1.54) is 0 Å². The molecule has 1 aromatic rings. The third-order valence-corrected chi connectivity index (χ3v) is 2.83. The van der Waals surface area contributed by atoms with E-state index in [9.17, 15) is 4.79 Å². The Balaban J connectivity index is 2.72. The van der Waals surface area contributed by atoms with Crippen molar-refractivity contribution in [1.82, 2.24) is 5.32 Å². The fraction of sp³-hybridized carbons (Fsp3) is 0.417. The van der Waals surface area contributed by atoms with Gasteiger partial charge in [0.1, 0.15) is 5.75 Å². The van der Waals surface area contributed by atoms with Gasteiger partial charge in [-0.05, 0) is 41.1 Å². The van der Waals surface area contributed by atoms with Crippen LogP contribution in [0, 0.1) is 0 Å². The first-order valence-electron chi connectivity index (χ1n) is 5.21. The molecule has 1 aromatic carbocycles. The lowest BCUT2D eigenvalue weighted by Gasteiger charge is -2.13. The number of ether oxygens (including phenoxy) is 2. The highest BCUT2D eigenvalue weighted by Crippen LogP contribution is 2.25. The Morgan fingerprint density at radius 2 is 2.18 bits per heavy atom. The minimum absolute atomic E-state index is 0.0200. The molecule has 4 nitrogen and oxygen atoms in total. The predicted octanol–water partition coefficient (Wildman–Crippen LogP) is 2.22. The van der Waals surface area contributed by atoms with Gasteiger partial charge in [0.2, 0.25) is 0 Å². The summed E-state index contributed by atoms with van der Waals surface area (Å²) in [6, 6.07) is 5.18. The van der Waals surface area contributed by atoms with Crippen molar-refractivity contribution in [2.45, 2.75) is 13.0 Å². The van der Waals surface area contributed by atoms with E-state index in [1.807, 2.05) is 6.92 Å². The molecule has 0 radical (unpaired) electrons. The molecule has 17 heavy (non-hydrogen) atoms. The maximum absolute atomic E-state index is 11.9. The lowest BCUT2D eigenvalue weighted by molar-refractivity contribution is 0.0905. The smallest absolute Gasteiger partial charge is 0.251 e. The Morgan fingerprint density at radius 3 is 2.71 bits per heavy atom. The summed E-state index contributed by atoms with van der Waals surface area (Å²) in [5.41, 5.74) is 0.584. The molecule has 0 saturated carbocycles. The minimum Gasteiger partial charge on any atom is -0.496 e. The number of benzene rings is 1. The van der Waals surface area contributed by atoms with E-state index in [2.05, 4.69) is 21.2 Å². The number of methoxy groups -OCH3 is 2. The second-order valence-electron chi connectivity index (χ2n) is 3.68. The zero-order valence-corrected chi connectivity index (χ0v) is 11.7. The first-order valence-corrected chi connectivity index (χ1v) is 6.01. The molecule has 1 N–H and O–H groups in total. The molecule has 0 aromatic heterocycles. The molecule has 0 bridgehead atoms. The van der Waals surface area contributed by atoms with Crippen molar-refractivity contribution in [1.29, 1.82) is 0 Å². The second-order valence-corrected chi connectivity index (χ2v) is 4.53. The number of carbonyl (C=O) groups is 1. The van der Waals surface area contributed by atoms with Crippen LogP contribution < -0.4 is 10.1 Å². The van der Waals surface area contributed by atoms with Crippen molar-refractivity contribution in [2.24, 2.45) is 0 Å². The number of carbonyl (C=O) groups excluding carboxylic acids is 1. The number of rotatable bonds is 5. The van der Waals surface area contributed by atoms with Crippen LogP contribution in [0.15, 0.2) is 22.7 Å². The summed E-state index contributed by atoms with van der Waals surface area (Å²) in [5.74, 6) is 0.574. The maximum atomic E-state index is 11.9. The Labute approximate surface area is 109 Å². The lowest BCUT2D eigenvalue weighted by Crippen LogP contribution is -2.35. The molecule has 1 unspecified atom stereocenters. The summed E-state index contributed by atoms with van der Waals surface area (Å²) in [4.78, 5) is 11.9. The van der Waals surface area contributed by atoms with E-state index in [4.69, 9.17) is 9.47 Å². The molecule has 0 aliphatic carbocycles. The van der Waals surface area contributed by atoms with Gasteiger partial charge in [-0.1, -0.05) is 0 Å². The highest BCUT2D eigenvalue weighted by atomic mass is 79.9. The molecular formula is C12H16BrNO3. The zero-order chi connectivity index (χ0) is 12.8. The monoisotopic (exact) mass is 301 g/mol. The predicted molar refractivity (Wildman–Crippen MR) is 69.5 cm³/mol. The highest BCUT2D eigenvalue weighted by molar-refractivity contribution is 9.10. The zero-order valence-electron chi connectivity index (χ0n) is 10.1. The number of amides is 1. The van der Waals surface area contributed by atoms with E-state index in [0.29, 0.717) is 17.9 Å². The Hall–Kier alpha value is -1.07. The second kappa shape index (κ2) is 6.61. The molecule has 0 heterocycles. The molecule has 1 rings (SSSR count). The molecule has 0 spiro atoms. The van der Waals surface area contributed by atoms with E-state index in [1.54, 1.807) is 32.4 Å². The number of nitrogens with one attached hydrogen (secondary N) is 1. The van der Waals surface area contributed by atoms with E-state index < -0.39 is 0 Å². The van der Waals surface area contributed by atoms with Crippen LogP contribution in [-0.4, -0.2) is 32.8 Å². The maximum Gasteiger partial charge on any atom is 0.251 e. The van der Waals surface area contributed by atoms with Crippen molar-refractivity contribution in [3.05, 3.63) is 28.2 Å². The van der Waals surface area contributed by atoms with Crippen LogP contribution in [0.5, 0.6) is 5.75 Å². The molecule has 0 fully saturated rings. The largest absolute Gasteiger partial charge is 0.496 e. The van der Waals surface area contributed by atoms with Crippen molar-refractivity contribution in [2.75, 3.05) is 20.8 Å². The molecule has 0 aliphatic heterocycles. The minimum atomic E-state index is -0.127. The Morgan fingerprint density at radius 1 is 1.47 bits per heavy atom. The molecule has 1 amide bonds. The molecule has 5 heteroatoms. The first kappa shape index (κ1) is 14.0. The summed E-state index contributed by atoms with van der Waals surface area (Å²) < 4.78 is 10.8. The van der Waals surface area contributed by atoms with Gasteiger partial charge >= 0.3 is 0 Å². The normalized spacial score (nSPS) is 12.0. The van der Waals surface area contributed by atoms with Crippen LogP contribution in [0.4, 0.5) is 0 Å². The van der Waals surface area contributed by atoms with E-state index in [0.717, 1.165) is 4.47 Å². The summed E-state index contributed by atoms with van der Waals surface area (Å²) in [6.45, 7) is 2.38. The highest BCUT2D eigenvalue weighted by Gasteiger charge is 2.11. The summed E-state index contributed by atoms with van der Waals surface area (Å²) in [7, 11) is 3.19. The standard InChI is InChI=1S/C12H16BrNO3/c1-8(7-16-2)14-12(15)9-4-5-11(17-3)10(13)6-9/h4-6,8H,7H2,1-3H3,(H,14,15). The van der Waals surface area contributed by atoms with Gasteiger partial charge in [-0.25, -0.2) is 0 Å². The lowest BCUT2D eigenvalue weighted by atomic mass is 10.2. The third kappa shape index (κ3) is 4.02. The third-order valence-electron chi connectivity index (χ3n) is 2.21. The van der Waals surface area contributed by atoms with Gasteiger partial charge in [-0.3, -0.25) is 4.79 Å². The van der Waals surface area contributed by atoms with Gasteiger partial charge in [0.05, 0.1) is 18.2 Å². The average molecular weight is 302 g/mol. The number of hydrogen-bond acceptors (Lipinski definition) is 3. The van der Waals surface area contributed by atoms with Gasteiger partial charge in [-0.2, -0.15) is 0 Å². The van der Waals surface area contributed by atoms with Gasteiger partial charge < -0.3 is 14.8 Å². The average Bonchev–Trinajstić information content (AvgIpc) is 2.29. The van der Waals surface area contributed by atoms with Gasteiger partial charge in [-0.15, -0.1) is 0 Å². The van der Waals surface area contributed by atoms with Gasteiger partial charge in [0.25, 0.3) is 5.91 Å². The van der Waals surface area contributed by atoms with E-state index >= 15 is 0 Å². The first-order chi connectivity index (χ1) is 8.08. The van der Waals surface area contributed by atoms with Crippen molar-refractivity contribution in [3.63, 3.8) is 0 Å². The fourth-order valence-electron chi connectivity index (χ4n) is 1.41. The number of hydrogen-bond donors (Lipinski definition) is 1. The quantitative estimate of drug-likeness (QED) is 0.907. The van der Waals surface area contributed by atoms with Crippen molar-refractivity contribution in [3.8, 4) is 5.75 Å². The van der Waals surface area contributed by atoms with Crippen LogP contribution in [0.1, 0.15) is 17.3 Å².